The first-order valence-electron chi connectivity index (χ1n) is 6.42. The third-order valence-electron chi connectivity index (χ3n) is 3.38. The van der Waals surface area contributed by atoms with Gasteiger partial charge in [0.2, 0.25) is 5.96 Å². The van der Waals surface area contributed by atoms with E-state index in [0.717, 1.165) is 0 Å². The Balaban J connectivity index is 2.03. The first-order chi connectivity index (χ1) is 9.50. The van der Waals surface area contributed by atoms with Gasteiger partial charge >= 0.3 is 6.18 Å². The van der Waals surface area contributed by atoms with Crippen LogP contribution in [0, 0.1) is 5.92 Å². The summed E-state index contributed by atoms with van der Waals surface area (Å²) >= 11 is 0. The molecule has 0 aliphatic carbocycles. The highest BCUT2D eigenvalue weighted by Crippen LogP contribution is 2.34. The van der Waals surface area contributed by atoms with Gasteiger partial charge in [0.25, 0.3) is 0 Å². The lowest BCUT2D eigenvalue weighted by atomic mass is 9.96. The number of nitrogens with zero attached hydrogens (tertiary/aromatic N) is 2. The van der Waals surface area contributed by atoms with Crippen molar-refractivity contribution in [2.75, 3.05) is 13.1 Å². The van der Waals surface area contributed by atoms with Crippen LogP contribution in [0.4, 0.5) is 18.9 Å². The summed E-state index contributed by atoms with van der Waals surface area (Å²) in [5, 5.41) is 0. The van der Waals surface area contributed by atoms with Gasteiger partial charge in [0.15, 0.2) is 0 Å². The van der Waals surface area contributed by atoms with E-state index in [1.807, 2.05) is 18.2 Å². The van der Waals surface area contributed by atoms with Crippen molar-refractivity contribution in [1.82, 2.24) is 10.3 Å². The molecule has 20 heavy (non-hydrogen) atoms. The zero-order valence-corrected chi connectivity index (χ0v) is 10.9. The zero-order chi connectivity index (χ0) is 14.6. The molecule has 0 bridgehead atoms. The minimum Gasteiger partial charge on any atom is -0.342 e. The highest BCUT2D eigenvalue weighted by atomic mass is 19.4. The predicted octanol–water partition coefficient (Wildman–Crippen LogP) is 2.41. The molecule has 1 aromatic carbocycles. The Kier molecular flexibility index (Phi) is 4.49. The van der Waals surface area contributed by atoms with Crippen molar-refractivity contribution < 1.29 is 13.2 Å². The number of nitrogens with one attached hydrogen (secondary N) is 1. The van der Waals surface area contributed by atoms with Gasteiger partial charge in [-0.05, 0) is 25.0 Å². The van der Waals surface area contributed by atoms with E-state index < -0.39 is 12.1 Å². The number of nitrogens with two attached hydrogens (primary N) is 1. The first-order valence-corrected chi connectivity index (χ1v) is 6.42. The topological polar surface area (TPSA) is 53.6 Å². The number of hydrazine groups is 1. The van der Waals surface area contributed by atoms with Crippen LogP contribution in [0.25, 0.3) is 0 Å². The molecular weight excluding hydrogens is 269 g/mol. The van der Waals surface area contributed by atoms with E-state index in [9.17, 15) is 13.2 Å². The average Bonchev–Trinajstić information content (AvgIpc) is 2.45. The summed E-state index contributed by atoms with van der Waals surface area (Å²) in [5.41, 5.74) is 3.18. The van der Waals surface area contributed by atoms with E-state index in [1.165, 1.54) is 0 Å². The second-order valence-corrected chi connectivity index (χ2v) is 4.72. The molecule has 3 N–H and O–H groups in total. The number of para-hydroxylation sites is 1. The molecule has 1 aliphatic heterocycles. The molecule has 4 nitrogen and oxygen atoms in total. The predicted molar refractivity (Wildman–Crippen MR) is 71.2 cm³/mol. The summed E-state index contributed by atoms with van der Waals surface area (Å²) in [6.07, 6.45) is -3.98. The van der Waals surface area contributed by atoms with Gasteiger partial charge in [0.1, 0.15) is 0 Å². The maximum absolute atomic E-state index is 12.6. The van der Waals surface area contributed by atoms with E-state index >= 15 is 0 Å². The van der Waals surface area contributed by atoms with Crippen LogP contribution in [0.2, 0.25) is 0 Å². The van der Waals surface area contributed by atoms with Crippen molar-refractivity contribution in [3.05, 3.63) is 30.3 Å². The van der Waals surface area contributed by atoms with Gasteiger partial charge in [-0.25, -0.2) is 10.8 Å². The zero-order valence-electron chi connectivity index (χ0n) is 10.9. The van der Waals surface area contributed by atoms with E-state index in [1.54, 1.807) is 17.0 Å². The lowest BCUT2D eigenvalue weighted by Crippen LogP contribution is -2.49. The molecule has 1 aliphatic rings. The molecule has 0 amide bonds. The molecule has 1 saturated heterocycles. The molecule has 1 heterocycles. The summed E-state index contributed by atoms with van der Waals surface area (Å²) in [4.78, 5) is 6.06. The second kappa shape index (κ2) is 6.13. The number of halogens is 3. The van der Waals surface area contributed by atoms with Crippen LogP contribution in [0.15, 0.2) is 35.3 Å². The molecule has 0 atom stereocenters. The Morgan fingerprint density at radius 3 is 2.30 bits per heavy atom. The quantitative estimate of drug-likeness (QED) is 0.361. The second-order valence-electron chi connectivity index (χ2n) is 4.72. The molecular formula is C13H17F3N4. The SMILES string of the molecule is NNC(=Nc1ccccc1)N1CCC(C(F)(F)F)CC1. The van der Waals surface area contributed by atoms with Crippen LogP contribution in [0.5, 0.6) is 0 Å². The fourth-order valence-corrected chi connectivity index (χ4v) is 2.24. The first kappa shape index (κ1) is 14.6. The molecule has 0 saturated carbocycles. The van der Waals surface area contributed by atoms with Crippen molar-refractivity contribution in [2.24, 2.45) is 16.8 Å². The van der Waals surface area contributed by atoms with Gasteiger partial charge in [-0.1, -0.05) is 18.2 Å². The smallest absolute Gasteiger partial charge is 0.342 e. The highest BCUT2D eigenvalue weighted by molar-refractivity contribution is 5.82. The summed E-state index contributed by atoms with van der Waals surface area (Å²) in [6.45, 7) is 0.583. The Labute approximate surface area is 115 Å². The van der Waals surface area contributed by atoms with Crippen LogP contribution in [0.3, 0.4) is 0 Å². The molecule has 1 fully saturated rings. The van der Waals surface area contributed by atoms with Crippen LogP contribution >= 0.6 is 0 Å². The van der Waals surface area contributed by atoms with Gasteiger partial charge < -0.3 is 4.90 Å². The number of alkyl halides is 3. The van der Waals surface area contributed by atoms with Crippen LogP contribution in [0.1, 0.15) is 12.8 Å². The number of hydrogen-bond donors (Lipinski definition) is 2. The van der Waals surface area contributed by atoms with Crippen LogP contribution in [-0.2, 0) is 0 Å². The van der Waals surface area contributed by atoms with Gasteiger partial charge in [0, 0.05) is 13.1 Å². The minimum absolute atomic E-state index is 0.0684. The maximum Gasteiger partial charge on any atom is 0.391 e. The number of benzene rings is 1. The van der Waals surface area contributed by atoms with Crippen molar-refractivity contribution >= 4 is 11.6 Å². The lowest BCUT2D eigenvalue weighted by molar-refractivity contribution is -0.183. The third kappa shape index (κ3) is 3.63. The van der Waals surface area contributed by atoms with Crippen molar-refractivity contribution in [3.63, 3.8) is 0 Å². The standard InChI is InChI=1S/C13H17F3N4/c14-13(15,16)10-6-8-20(9-7-10)12(19-17)18-11-4-2-1-3-5-11/h1-5,10H,6-9,17H2,(H,18,19). The van der Waals surface area contributed by atoms with E-state index in [0.29, 0.717) is 24.7 Å². The molecule has 1 aromatic rings. The average molecular weight is 286 g/mol. The molecule has 0 spiro atoms. The van der Waals surface area contributed by atoms with E-state index in [2.05, 4.69) is 10.4 Å². The van der Waals surface area contributed by atoms with Gasteiger partial charge in [-0.15, -0.1) is 0 Å². The molecule has 2 rings (SSSR count). The van der Waals surface area contributed by atoms with Crippen molar-refractivity contribution in [1.29, 1.82) is 0 Å². The normalized spacial score (nSPS) is 18.2. The largest absolute Gasteiger partial charge is 0.391 e. The van der Waals surface area contributed by atoms with Crippen molar-refractivity contribution in [2.45, 2.75) is 19.0 Å². The number of rotatable bonds is 1. The van der Waals surface area contributed by atoms with Gasteiger partial charge in [-0.3, -0.25) is 5.43 Å². The summed E-state index contributed by atoms with van der Waals surface area (Å²) < 4.78 is 37.8. The van der Waals surface area contributed by atoms with Crippen molar-refractivity contribution in [3.8, 4) is 0 Å². The van der Waals surface area contributed by atoms with Crippen LogP contribution < -0.4 is 11.3 Å². The molecule has 110 valence electrons. The Bertz CT molecular complexity index is 450. The number of likely N-dealkylation sites (tertiary alicyclic amines) is 1. The molecule has 0 aromatic heterocycles. The summed E-state index contributed by atoms with van der Waals surface area (Å²) in [5.74, 6) is 4.60. The molecule has 0 unspecified atom stereocenters. The molecule has 7 heteroatoms. The lowest BCUT2D eigenvalue weighted by Gasteiger charge is -2.34. The third-order valence-corrected chi connectivity index (χ3v) is 3.38. The van der Waals surface area contributed by atoms with Gasteiger partial charge in [0.05, 0.1) is 11.6 Å². The summed E-state index contributed by atoms with van der Waals surface area (Å²) in [7, 11) is 0. The number of hydrogen-bond acceptors (Lipinski definition) is 2. The highest BCUT2D eigenvalue weighted by Gasteiger charge is 2.41. The Hall–Kier alpha value is -1.76. The fraction of sp³-hybridized carbons (Fsp3) is 0.462. The Morgan fingerprint density at radius 1 is 1.20 bits per heavy atom. The molecule has 0 radical (unpaired) electrons. The fourth-order valence-electron chi connectivity index (χ4n) is 2.24. The van der Waals surface area contributed by atoms with E-state index in [-0.39, 0.29) is 12.8 Å². The Morgan fingerprint density at radius 2 is 1.80 bits per heavy atom. The summed E-state index contributed by atoms with van der Waals surface area (Å²) in [6, 6.07) is 9.15. The van der Waals surface area contributed by atoms with Gasteiger partial charge in [-0.2, -0.15) is 13.2 Å². The number of piperidine rings is 1. The number of guanidine groups is 1. The minimum atomic E-state index is -4.11. The monoisotopic (exact) mass is 286 g/mol. The van der Waals surface area contributed by atoms with Crippen LogP contribution in [-0.4, -0.2) is 30.1 Å². The number of aliphatic imine (C=N–C) groups is 1. The maximum atomic E-state index is 12.6. The van der Waals surface area contributed by atoms with E-state index in [4.69, 9.17) is 5.84 Å².